The van der Waals surface area contributed by atoms with Crippen LogP contribution in [0, 0.1) is 5.92 Å². The first kappa shape index (κ1) is 14.2. The summed E-state index contributed by atoms with van der Waals surface area (Å²) in [6, 6.07) is 0. The van der Waals surface area contributed by atoms with Crippen LogP contribution in [0.2, 0.25) is 0 Å². The van der Waals surface area contributed by atoms with Crippen molar-refractivity contribution in [3.05, 3.63) is 0 Å². The van der Waals surface area contributed by atoms with E-state index >= 15 is 0 Å². The van der Waals surface area contributed by atoms with Gasteiger partial charge in [0.05, 0.1) is 12.7 Å². The van der Waals surface area contributed by atoms with Gasteiger partial charge in [0.1, 0.15) is 11.7 Å². The van der Waals surface area contributed by atoms with Crippen LogP contribution in [0.5, 0.6) is 0 Å². The zero-order valence-electron chi connectivity index (χ0n) is 10.7. The van der Waals surface area contributed by atoms with Crippen LogP contribution < -0.4 is 0 Å². The summed E-state index contributed by atoms with van der Waals surface area (Å²) in [4.78, 5) is 23.7. The lowest BCUT2D eigenvalue weighted by molar-refractivity contribution is -0.152. The van der Waals surface area contributed by atoms with Gasteiger partial charge in [-0.25, -0.2) is 0 Å². The molecule has 0 saturated carbocycles. The van der Waals surface area contributed by atoms with E-state index in [1.807, 2.05) is 6.92 Å². The second-order valence-electron chi connectivity index (χ2n) is 4.40. The van der Waals surface area contributed by atoms with Gasteiger partial charge < -0.3 is 9.47 Å². The van der Waals surface area contributed by atoms with Gasteiger partial charge in [-0.1, -0.05) is 13.3 Å². The molecule has 1 aliphatic rings. The molecule has 0 aromatic heterocycles. The largest absolute Gasteiger partial charge is 0.465 e. The summed E-state index contributed by atoms with van der Waals surface area (Å²) in [5, 5.41) is 0. The lowest BCUT2D eigenvalue weighted by atomic mass is 9.94. The zero-order valence-corrected chi connectivity index (χ0v) is 10.7. The van der Waals surface area contributed by atoms with Gasteiger partial charge in [0.2, 0.25) is 0 Å². The van der Waals surface area contributed by atoms with Gasteiger partial charge in [0, 0.05) is 13.0 Å². The molecule has 2 unspecified atom stereocenters. The number of ketones is 1. The Hall–Kier alpha value is -0.900. The Bertz CT molecular complexity index is 256. The van der Waals surface area contributed by atoms with E-state index in [1.165, 1.54) is 0 Å². The predicted octanol–water partition coefficient (Wildman–Crippen LogP) is 2.10. The molecule has 1 aliphatic heterocycles. The Balaban J connectivity index is 2.49. The highest BCUT2D eigenvalue weighted by Gasteiger charge is 2.30. The molecule has 98 valence electrons. The molecule has 0 radical (unpaired) electrons. The van der Waals surface area contributed by atoms with Crippen LogP contribution in [-0.2, 0) is 19.1 Å². The maximum absolute atomic E-state index is 12.0. The molecular weight excluding hydrogens is 220 g/mol. The third kappa shape index (κ3) is 4.46. The first-order valence-electron chi connectivity index (χ1n) is 6.50. The van der Waals surface area contributed by atoms with Crippen LogP contribution in [0.15, 0.2) is 0 Å². The van der Waals surface area contributed by atoms with E-state index in [0.29, 0.717) is 19.4 Å². The fraction of sp³-hybridized carbons (Fsp3) is 0.846. The van der Waals surface area contributed by atoms with Crippen molar-refractivity contribution in [1.82, 2.24) is 0 Å². The van der Waals surface area contributed by atoms with Gasteiger partial charge in [0.25, 0.3) is 0 Å². The van der Waals surface area contributed by atoms with Crippen molar-refractivity contribution in [3.8, 4) is 0 Å². The van der Waals surface area contributed by atoms with Gasteiger partial charge >= 0.3 is 5.97 Å². The standard InChI is InChI=1S/C13H22O4/c1-3-6-11(13(15)16-4-2)12(14)9-10-7-5-8-17-10/h10-11H,3-9H2,1-2H3. The molecule has 0 aliphatic carbocycles. The molecule has 0 N–H and O–H groups in total. The average Bonchev–Trinajstić information content (AvgIpc) is 2.78. The highest BCUT2D eigenvalue weighted by molar-refractivity contribution is 5.99. The van der Waals surface area contributed by atoms with E-state index in [-0.39, 0.29) is 17.9 Å². The monoisotopic (exact) mass is 242 g/mol. The summed E-state index contributed by atoms with van der Waals surface area (Å²) in [6.45, 7) is 4.78. The van der Waals surface area contributed by atoms with Crippen LogP contribution in [0.1, 0.15) is 46.0 Å². The van der Waals surface area contributed by atoms with Crippen molar-refractivity contribution in [3.63, 3.8) is 0 Å². The predicted molar refractivity (Wildman–Crippen MR) is 63.6 cm³/mol. The van der Waals surface area contributed by atoms with E-state index in [2.05, 4.69) is 0 Å². The smallest absolute Gasteiger partial charge is 0.316 e. The molecule has 0 amide bonds. The Kier molecular flexibility index (Phi) is 6.19. The number of rotatable bonds is 7. The van der Waals surface area contributed by atoms with Crippen molar-refractivity contribution < 1.29 is 19.1 Å². The number of hydrogen-bond donors (Lipinski definition) is 0. The van der Waals surface area contributed by atoms with Gasteiger partial charge in [-0.3, -0.25) is 9.59 Å². The third-order valence-corrected chi connectivity index (χ3v) is 2.99. The maximum atomic E-state index is 12.0. The fourth-order valence-electron chi connectivity index (χ4n) is 2.11. The summed E-state index contributed by atoms with van der Waals surface area (Å²) in [6.07, 6.45) is 3.67. The first-order valence-corrected chi connectivity index (χ1v) is 6.50. The minimum absolute atomic E-state index is 0.0104. The summed E-state index contributed by atoms with van der Waals surface area (Å²) in [5.41, 5.74) is 0. The minimum Gasteiger partial charge on any atom is -0.465 e. The molecule has 0 spiro atoms. The highest BCUT2D eigenvalue weighted by atomic mass is 16.5. The molecule has 0 aromatic carbocycles. The van der Waals surface area contributed by atoms with Crippen LogP contribution in [0.25, 0.3) is 0 Å². The van der Waals surface area contributed by atoms with Crippen molar-refractivity contribution in [2.75, 3.05) is 13.2 Å². The fourth-order valence-corrected chi connectivity index (χ4v) is 2.11. The van der Waals surface area contributed by atoms with Gasteiger partial charge in [0.15, 0.2) is 0 Å². The van der Waals surface area contributed by atoms with E-state index in [0.717, 1.165) is 25.9 Å². The normalized spacial score (nSPS) is 21.2. The third-order valence-electron chi connectivity index (χ3n) is 2.99. The second-order valence-corrected chi connectivity index (χ2v) is 4.40. The van der Waals surface area contributed by atoms with E-state index in [1.54, 1.807) is 6.92 Å². The molecule has 1 fully saturated rings. The van der Waals surface area contributed by atoms with Gasteiger partial charge in [-0.05, 0) is 26.2 Å². The lowest BCUT2D eigenvalue weighted by Gasteiger charge is -2.15. The molecule has 1 saturated heterocycles. The number of esters is 1. The van der Waals surface area contributed by atoms with Crippen LogP contribution >= 0.6 is 0 Å². The zero-order chi connectivity index (χ0) is 12.7. The maximum Gasteiger partial charge on any atom is 0.316 e. The molecule has 4 nitrogen and oxygen atoms in total. The second kappa shape index (κ2) is 7.43. The Morgan fingerprint density at radius 1 is 1.41 bits per heavy atom. The van der Waals surface area contributed by atoms with E-state index in [9.17, 15) is 9.59 Å². The van der Waals surface area contributed by atoms with E-state index in [4.69, 9.17) is 9.47 Å². The van der Waals surface area contributed by atoms with Crippen molar-refractivity contribution in [2.24, 2.45) is 5.92 Å². The highest BCUT2D eigenvalue weighted by Crippen LogP contribution is 2.20. The Labute approximate surface area is 103 Å². The number of hydrogen-bond acceptors (Lipinski definition) is 4. The molecule has 0 bridgehead atoms. The van der Waals surface area contributed by atoms with E-state index < -0.39 is 5.92 Å². The summed E-state index contributed by atoms with van der Waals surface area (Å²) in [7, 11) is 0. The van der Waals surface area contributed by atoms with Crippen LogP contribution in [0.3, 0.4) is 0 Å². The van der Waals surface area contributed by atoms with Crippen molar-refractivity contribution in [2.45, 2.75) is 52.1 Å². The molecule has 4 heteroatoms. The molecule has 0 aromatic rings. The first-order chi connectivity index (χ1) is 8.19. The number of Topliss-reactive ketones (excluding diaryl/α,β-unsaturated/α-hetero) is 1. The number of carbonyl (C=O) groups is 2. The minimum atomic E-state index is -0.593. The molecule has 2 atom stereocenters. The number of ether oxygens (including phenoxy) is 2. The summed E-state index contributed by atoms with van der Waals surface area (Å²) in [5.74, 6) is -1.00. The van der Waals surface area contributed by atoms with Gasteiger partial charge in [-0.2, -0.15) is 0 Å². The molecule has 17 heavy (non-hydrogen) atoms. The average molecular weight is 242 g/mol. The van der Waals surface area contributed by atoms with Crippen molar-refractivity contribution >= 4 is 11.8 Å². The lowest BCUT2D eigenvalue weighted by Crippen LogP contribution is -2.28. The van der Waals surface area contributed by atoms with Crippen LogP contribution in [0.4, 0.5) is 0 Å². The van der Waals surface area contributed by atoms with Crippen LogP contribution in [-0.4, -0.2) is 31.1 Å². The molecule has 1 rings (SSSR count). The summed E-state index contributed by atoms with van der Waals surface area (Å²) >= 11 is 0. The molecular formula is C13H22O4. The Morgan fingerprint density at radius 3 is 2.71 bits per heavy atom. The number of carbonyl (C=O) groups excluding carboxylic acids is 2. The topological polar surface area (TPSA) is 52.6 Å². The summed E-state index contributed by atoms with van der Waals surface area (Å²) < 4.78 is 10.4. The van der Waals surface area contributed by atoms with Crippen molar-refractivity contribution in [1.29, 1.82) is 0 Å². The van der Waals surface area contributed by atoms with Gasteiger partial charge in [-0.15, -0.1) is 0 Å². The molecule has 1 heterocycles. The SMILES string of the molecule is CCCC(C(=O)CC1CCCO1)C(=O)OCC. The quantitative estimate of drug-likeness (QED) is 0.507. The Morgan fingerprint density at radius 2 is 2.18 bits per heavy atom.